The van der Waals surface area contributed by atoms with E-state index in [9.17, 15) is 57.1 Å². The van der Waals surface area contributed by atoms with Crippen LogP contribution < -0.4 is 0 Å². The summed E-state index contributed by atoms with van der Waals surface area (Å²) in [5, 5.41) is 0. The number of allylic oxidation sites excluding steroid dienone is 2. The maximum absolute atomic E-state index is 13.2. The second-order valence-electron chi connectivity index (χ2n) is 4.96. The van der Waals surface area contributed by atoms with Crippen LogP contribution in [0.3, 0.4) is 0 Å². The standard InChI is InChI=1S/C12H11F13/c1-2-3-4-5-6-7(13,14)8(15,16)9(17,18)10(19,20)11(21,22)12(23,24)25/h5-6H,2-4H2,1H3/b6-5-. The van der Waals surface area contributed by atoms with Gasteiger partial charge in [0.1, 0.15) is 0 Å². The lowest BCUT2D eigenvalue weighted by molar-refractivity contribution is -0.436. The lowest BCUT2D eigenvalue weighted by Crippen LogP contribution is -2.69. The highest BCUT2D eigenvalue weighted by atomic mass is 19.4. The van der Waals surface area contributed by atoms with Crippen molar-refractivity contribution in [3.05, 3.63) is 12.2 Å². The summed E-state index contributed by atoms with van der Waals surface area (Å²) in [5.74, 6) is -36.6. The molecule has 0 heterocycles. The van der Waals surface area contributed by atoms with E-state index in [0.717, 1.165) is 0 Å². The number of halogens is 13. The summed E-state index contributed by atoms with van der Waals surface area (Å²) >= 11 is 0. The van der Waals surface area contributed by atoms with E-state index in [1.165, 1.54) is 6.92 Å². The lowest BCUT2D eigenvalue weighted by atomic mass is 9.93. The van der Waals surface area contributed by atoms with Gasteiger partial charge in [0.05, 0.1) is 0 Å². The number of hydrogen-bond acceptors (Lipinski definition) is 0. The molecule has 0 radical (unpaired) electrons. The summed E-state index contributed by atoms with van der Waals surface area (Å²) in [7, 11) is 0. The van der Waals surface area contributed by atoms with Crippen molar-refractivity contribution in [3.8, 4) is 0 Å². The van der Waals surface area contributed by atoms with Crippen LogP contribution in [0, 0.1) is 0 Å². The maximum atomic E-state index is 13.2. The molecule has 0 aromatic heterocycles. The fourth-order valence-electron chi connectivity index (χ4n) is 1.44. The summed E-state index contributed by atoms with van der Waals surface area (Å²) < 4.78 is 165. The van der Waals surface area contributed by atoms with Crippen molar-refractivity contribution in [1.29, 1.82) is 0 Å². The fourth-order valence-corrected chi connectivity index (χ4v) is 1.44. The van der Waals surface area contributed by atoms with Crippen LogP contribution in [0.25, 0.3) is 0 Å². The van der Waals surface area contributed by atoms with Crippen LogP contribution >= 0.6 is 0 Å². The van der Waals surface area contributed by atoms with Gasteiger partial charge in [0.25, 0.3) is 0 Å². The van der Waals surface area contributed by atoms with Crippen LogP contribution in [-0.2, 0) is 0 Å². The van der Waals surface area contributed by atoms with Gasteiger partial charge in [0.15, 0.2) is 0 Å². The third-order valence-electron chi connectivity index (χ3n) is 3.01. The molecule has 0 aromatic carbocycles. The normalized spacial score (nSPS) is 15.9. The number of alkyl halides is 13. The maximum Gasteiger partial charge on any atom is 0.460 e. The SMILES string of the molecule is CCCC/C=C\C(F)(F)C(F)(F)C(F)(F)C(F)(F)C(F)(F)C(F)(F)F. The van der Waals surface area contributed by atoms with Gasteiger partial charge in [-0.15, -0.1) is 0 Å². The highest BCUT2D eigenvalue weighted by Crippen LogP contribution is 2.60. The van der Waals surface area contributed by atoms with Crippen molar-refractivity contribution >= 4 is 0 Å². The highest BCUT2D eigenvalue weighted by molar-refractivity contribution is 5.15. The van der Waals surface area contributed by atoms with Crippen LogP contribution in [0.1, 0.15) is 26.2 Å². The Morgan fingerprint density at radius 1 is 0.600 bits per heavy atom. The van der Waals surface area contributed by atoms with Gasteiger partial charge in [0, 0.05) is 0 Å². The van der Waals surface area contributed by atoms with Crippen molar-refractivity contribution in [1.82, 2.24) is 0 Å². The Balaban J connectivity index is 5.99. The number of hydrogen-bond donors (Lipinski definition) is 0. The average Bonchev–Trinajstić information content (AvgIpc) is 2.41. The van der Waals surface area contributed by atoms with E-state index in [2.05, 4.69) is 0 Å². The lowest BCUT2D eigenvalue weighted by Gasteiger charge is -2.39. The van der Waals surface area contributed by atoms with Crippen molar-refractivity contribution < 1.29 is 57.1 Å². The van der Waals surface area contributed by atoms with Crippen molar-refractivity contribution in [3.63, 3.8) is 0 Å². The second kappa shape index (κ2) is 6.86. The Morgan fingerprint density at radius 2 is 1.00 bits per heavy atom. The van der Waals surface area contributed by atoms with E-state index >= 15 is 0 Å². The Kier molecular flexibility index (Phi) is 6.54. The molecule has 0 saturated heterocycles. The summed E-state index contributed by atoms with van der Waals surface area (Å²) in [6, 6.07) is 0. The van der Waals surface area contributed by atoms with Crippen molar-refractivity contribution in [2.24, 2.45) is 0 Å². The third-order valence-corrected chi connectivity index (χ3v) is 3.01. The largest absolute Gasteiger partial charge is 0.460 e. The minimum atomic E-state index is -7.84. The minimum Gasteiger partial charge on any atom is -0.195 e. The van der Waals surface area contributed by atoms with Gasteiger partial charge < -0.3 is 0 Å². The van der Waals surface area contributed by atoms with Crippen LogP contribution in [-0.4, -0.2) is 35.8 Å². The highest BCUT2D eigenvalue weighted by Gasteiger charge is 2.90. The van der Waals surface area contributed by atoms with E-state index in [-0.39, 0.29) is 18.9 Å². The van der Waals surface area contributed by atoms with Crippen LogP contribution in [0.5, 0.6) is 0 Å². The molecular weight excluding hydrogens is 391 g/mol. The first-order chi connectivity index (χ1) is 10.8. The average molecular weight is 402 g/mol. The molecule has 0 rings (SSSR count). The zero-order valence-corrected chi connectivity index (χ0v) is 12.2. The topological polar surface area (TPSA) is 0 Å². The third kappa shape index (κ3) is 3.83. The molecule has 0 aliphatic carbocycles. The van der Waals surface area contributed by atoms with Crippen LogP contribution in [0.15, 0.2) is 12.2 Å². The molecule has 150 valence electrons. The van der Waals surface area contributed by atoms with E-state index in [1.807, 2.05) is 0 Å². The fraction of sp³-hybridized carbons (Fsp3) is 0.833. The van der Waals surface area contributed by atoms with Crippen LogP contribution in [0.2, 0.25) is 0 Å². The molecule has 0 aliphatic rings. The van der Waals surface area contributed by atoms with E-state index in [4.69, 9.17) is 0 Å². The van der Waals surface area contributed by atoms with Gasteiger partial charge in [-0.05, 0) is 12.5 Å². The number of unbranched alkanes of at least 4 members (excludes halogenated alkanes) is 2. The Bertz CT molecular complexity index is 472. The minimum absolute atomic E-state index is 0.108. The summed E-state index contributed by atoms with van der Waals surface area (Å²) in [6.45, 7) is 1.52. The van der Waals surface area contributed by atoms with Gasteiger partial charge in [-0.25, -0.2) is 0 Å². The smallest absolute Gasteiger partial charge is 0.195 e. The molecule has 0 amide bonds. The molecule has 0 aliphatic heterocycles. The van der Waals surface area contributed by atoms with Crippen LogP contribution in [0.4, 0.5) is 57.1 Å². The molecule has 0 unspecified atom stereocenters. The van der Waals surface area contributed by atoms with Gasteiger partial charge in [-0.3, -0.25) is 0 Å². The molecule has 0 fully saturated rings. The Labute approximate surface area is 132 Å². The first kappa shape index (κ1) is 23.8. The zero-order chi connectivity index (χ0) is 20.5. The molecule has 0 spiro atoms. The predicted molar refractivity (Wildman–Crippen MR) is 59.5 cm³/mol. The van der Waals surface area contributed by atoms with Gasteiger partial charge in [-0.2, -0.15) is 57.1 Å². The quantitative estimate of drug-likeness (QED) is 0.248. The molecule has 0 saturated carbocycles. The molecule has 0 bridgehead atoms. The first-order valence-corrected chi connectivity index (χ1v) is 6.44. The molecule has 0 aromatic rings. The summed E-state index contributed by atoms with van der Waals surface area (Å²) in [6.07, 6.45) is -8.04. The van der Waals surface area contributed by atoms with E-state index in [0.29, 0.717) is 6.42 Å². The molecule has 0 atom stereocenters. The monoisotopic (exact) mass is 402 g/mol. The van der Waals surface area contributed by atoms with E-state index < -0.39 is 41.9 Å². The number of rotatable bonds is 8. The molecule has 25 heavy (non-hydrogen) atoms. The molecular formula is C12H11F13. The summed E-state index contributed by atoms with van der Waals surface area (Å²) in [5.41, 5.74) is 0. The van der Waals surface area contributed by atoms with Gasteiger partial charge in [0.2, 0.25) is 0 Å². The second-order valence-corrected chi connectivity index (χ2v) is 4.96. The van der Waals surface area contributed by atoms with Crippen molar-refractivity contribution in [2.75, 3.05) is 0 Å². The zero-order valence-electron chi connectivity index (χ0n) is 12.2. The Hall–Kier alpha value is -1.17. The van der Waals surface area contributed by atoms with Crippen molar-refractivity contribution in [2.45, 2.75) is 62.0 Å². The molecule has 0 nitrogen and oxygen atoms in total. The van der Waals surface area contributed by atoms with E-state index in [1.54, 1.807) is 0 Å². The molecule has 0 N–H and O–H groups in total. The first-order valence-electron chi connectivity index (χ1n) is 6.44. The van der Waals surface area contributed by atoms with Gasteiger partial charge in [-0.1, -0.05) is 25.8 Å². The predicted octanol–water partition coefficient (Wildman–Crippen LogP) is 6.47. The summed E-state index contributed by atoms with van der Waals surface area (Å²) in [4.78, 5) is 0. The molecule has 13 heteroatoms. The van der Waals surface area contributed by atoms with Gasteiger partial charge >= 0.3 is 35.8 Å². The Morgan fingerprint density at radius 3 is 1.36 bits per heavy atom.